The highest BCUT2D eigenvalue weighted by Gasteiger charge is 2.13. The quantitative estimate of drug-likeness (QED) is 0.691. The molecule has 0 spiro atoms. The standard InChI is InChI=1S/C16H22N2O6/c1-4-11(2)17-16(21)18-14(19)9-24-15(20)10-23-13-8-6-5-7-12(13)22-3/h5-8,11H,4,9-10H2,1-3H3,(H2,17,18,19,21)/t11-/m0/s1. The van der Waals surface area contributed by atoms with Crippen molar-refractivity contribution in [3.63, 3.8) is 0 Å². The molecule has 1 rings (SSSR count). The molecule has 0 saturated heterocycles. The van der Waals surface area contributed by atoms with Crippen molar-refractivity contribution in [2.75, 3.05) is 20.3 Å². The Bertz CT molecular complexity index is 575. The number of esters is 1. The predicted octanol–water partition coefficient (Wildman–Crippen LogP) is 1.24. The summed E-state index contributed by atoms with van der Waals surface area (Å²) in [5.41, 5.74) is 0. The minimum Gasteiger partial charge on any atom is -0.493 e. The van der Waals surface area contributed by atoms with Crippen molar-refractivity contribution in [1.29, 1.82) is 0 Å². The zero-order chi connectivity index (χ0) is 17.9. The molecule has 3 amide bonds. The number of hydrogen-bond donors (Lipinski definition) is 2. The second kappa shape index (κ2) is 10.1. The molecular formula is C16H22N2O6. The summed E-state index contributed by atoms with van der Waals surface area (Å²) in [6, 6.07) is 6.12. The maximum absolute atomic E-state index is 11.6. The third kappa shape index (κ3) is 6.99. The number of nitrogens with one attached hydrogen (secondary N) is 2. The van der Waals surface area contributed by atoms with E-state index in [0.29, 0.717) is 11.5 Å². The normalized spacial score (nSPS) is 11.1. The molecule has 1 aromatic rings. The summed E-state index contributed by atoms with van der Waals surface area (Å²) in [5, 5.41) is 4.62. The van der Waals surface area contributed by atoms with Crippen LogP contribution in [-0.2, 0) is 14.3 Å². The van der Waals surface area contributed by atoms with Crippen LogP contribution in [0, 0.1) is 0 Å². The summed E-state index contributed by atoms with van der Waals surface area (Å²) >= 11 is 0. The van der Waals surface area contributed by atoms with Crippen LogP contribution in [0.1, 0.15) is 20.3 Å². The summed E-state index contributed by atoms with van der Waals surface area (Å²) in [7, 11) is 1.48. The molecule has 2 N–H and O–H groups in total. The number of carbonyl (C=O) groups excluding carboxylic acids is 3. The fourth-order valence-corrected chi connectivity index (χ4v) is 1.59. The lowest BCUT2D eigenvalue weighted by atomic mass is 10.3. The third-order valence-electron chi connectivity index (χ3n) is 3.02. The van der Waals surface area contributed by atoms with Gasteiger partial charge in [0.25, 0.3) is 5.91 Å². The van der Waals surface area contributed by atoms with E-state index in [2.05, 4.69) is 10.6 Å². The van der Waals surface area contributed by atoms with E-state index < -0.39 is 24.5 Å². The maximum Gasteiger partial charge on any atom is 0.344 e. The zero-order valence-electron chi connectivity index (χ0n) is 14.0. The van der Waals surface area contributed by atoms with Crippen molar-refractivity contribution in [2.24, 2.45) is 0 Å². The van der Waals surface area contributed by atoms with Crippen molar-refractivity contribution in [1.82, 2.24) is 10.6 Å². The molecule has 0 aliphatic carbocycles. The summed E-state index contributed by atoms with van der Waals surface area (Å²) in [6.07, 6.45) is 0.733. The average Bonchev–Trinajstić information content (AvgIpc) is 2.57. The molecule has 0 radical (unpaired) electrons. The molecule has 0 bridgehead atoms. The number of carbonyl (C=O) groups is 3. The molecule has 8 heteroatoms. The number of amides is 3. The van der Waals surface area contributed by atoms with Crippen LogP contribution in [0.4, 0.5) is 4.79 Å². The summed E-state index contributed by atoms with van der Waals surface area (Å²) in [6.45, 7) is 2.75. The number of urea groups is 1. The molecule has 0 aliphatic heterocycles. The van der Waals surface area contributed by atoms with Gasteiger partial charge in [-0.2, -0.15) is 0 Å². The minimum atomic E-state index is -0.738. The lowest BCUT2D eigenvalue weighted by Crippen LogP contribution is -2.44. The monoisotopic (exact) mass is 338 g/mol. The molecule has 0 heterocycles. The van der Waals surface area contributed by atoms with Crippen LogP contribution in [0.5, 0.6) is 11.5 Å². The van der Waals surface area contributed by atoms with Gasteiger partial charge in [0, 0.05) is 6.04 Å². The van der Waals surface area contributed by atoms with Gasteiger partial charge in [-0.25, -0.2) is 9.59 Å². The van der Waals surface area contributed by atoms with Gasteiger partial charge >= 0.3 is 12.0 Å². The van der Waals surface area contributed by atoms with E-state index in [-0.39, 0.29) is 12.6 Å². The molecule has 0 aliphatic rings. The SMILES string of the molecule is CC[C@H](C)NC(=O)NC(=O)COC(=O)COc1ccccc1OC. The lowest BCUT2D eigenvalue weighted by molar-refractivity contribution is -0.150. The Kier molecular flexibility index (Phi) is 8.10. The number of benzene rings is 1. The number of rotatable bonds is 8. The van der Waals surface area contributed by atoms with E-state index in [1.54, 1.807) is 31.2 Å². The van der Waals surface area contributed by atoms with Gasteiger partial charge in [0.2, 0.25) is 0 Å². The first-order valence-corrected chi connectivity index (χ1v) is 7.48. The number of hydrogen-bond acceptors (Lipinski definition) is 6. The van der Waals surface area contributed by atoms with Crippen molar-refractivity contribution in [3.8, 4) is 11.5 Å². The van der Waals surface area contributed by atoms with Gasteiger partial charge in [-0.3, -0.25) is 10.1 Å². The van der Waals surface area contributed by atoms with Crippen LogP contribution < -0.4 is 20.1 Å². The Morgan fingerprint density at radius 3 is 2.42 bits per heavy atom. The second-order valence-electron chi connectivity index (χ2n) is 4.93. The molecule has 0 saturated carbocycles. The molecule has 0 fully saturated rings. The van der Waals surface area contributed by atoms with Crippen molar-refractivity contribution >= 4 is 17.9 Å². The Morgan fingerprint density at radius 1 is 1.12 bits per heavy atom. The maximum atomic E-state index is 11.6. The van der Waals surface area contributed by atoms with Crippen LogP contribution >= 0.6 is 0 Å². The van der Waals surface area contributed by atoms with Crippen molar-refractivity contribution in [3.05, 3.63) is 24.3 Å². The Morgan fingerprint density at radius 2 is 1.79 bits per heavy atom. The van der Waals surface area contributed by atoms with Gasteiger partial charge in [0.1, 0.15) is 0 Å². The topological polar surface area (TPSA) is 103 Å². The number of ether oxygens (including phenoxy) is 3. The van der Waals surface area contributed by atoms with Crippen LogP contribution in [0.2, 0.25) is 0 Å². The molecule has 1 aromatic carbocycles. The molecular weight excluding hydrogens is 316 g/mol. The number of imide groups is 1. The van der Waals surface area contributed by atoms with Crippen LogP contribution in [-0.4, -0.2) is 44.3 Å². The smallest absolute Gasteiger partial charge is 0.344 e. The Balaban J connectivity index is 2.30. The molecule has 0 unspecified atom stereocenters. The summed E-state index contributed by atoms with van der Waals surface area (Å²) in [5.74, 6) is -0.598. The van der Waals surface area contributed by atoms with E-state index in [1.165, 1.54) is 7.11 Å². The van der Waals surface area contributed by atoms with Gasteiger partial charge in [0.05, 0.1) is 7.11 Å². The highest BCUT2D eigenvalue weighted by atomic mass is 16.6. The first-order valence-electron chi connectivity index (χ1n) is 7.48. The first kappa shape index (κ1) is 19.3. The van der Waals surface area contributed by atoms with Gasteiger partial charge in [-0.05, 0) is 25.5 Å². The molecule has 8 nitrogen and oxygen atoms in total. The molecule has 24 heavy (non-hydrogen) atoms. The highest BCUT2D eigenvalue weighted by Crippen LogP contribution is 2.25. The van der Waals surface area contributed by atoms with Gasteiger partial charge in [-0.15, -0.1) is 0 Å². The van der Waals surface area contributed by atoms with Crippen molar-refractivity contribution in [2.45, 2.75) is 26.3 Å². The average molecular weight is 338 g/mol. The lowest BCUT2D eigenvalue weighted by Gasteiger charge is -2.12. The van der Waals surface area contributed by atoms with Crippen LogP contribution in [0.15, 0.2) is 24.3 Å². The third-order valence-corrected chi connectivity index (χ3v) is 3.02. The van der Waals surface area contributed by atoms with E-state index in [1.807, 2.05) is 6.92 Å². The molecule has 132 valence electrons. The summed E-state index contributed by atoms with van der Waals surface area (Å²) in [4.78, 5) is 34.5. The highest BCUT2D eigenvalue weighted by molar-refractivity contribution is 5.95. The van der Waals surface area contributed by atoms with Crippen LogP contribution in [0.3, 0.4) is 0 Å². The Labute approximate surface area is 140 Å². The fraction of sp³-hybridized carbons (Fsp3) is 0.438. The van der Waals surface area contributed by atoms with Gasteiger partial charge in [-0.1, -0.05) is 19.1 Å². The van der Waals surface area contributed by atoms with E-state index in [0.717, 1.165) is 6.42 Å². The van der Waals surface area contributed by atoms with Crippen LogP contribution in [0.25, 0.3) is 0 Å². The predicted molar refractivity (Wildman–Crippen MR) is 85.9 cm³/mol. The summed E-state index contributed by atoms with van der Waals surface area (Å²) < 4.78 is 15.1. The van der Waals surface area contributed by atoms with Crippen molar-refractivity contribution < 1.29 is 28.6 Å². The number of methoxy groups -OCH3 is 1. The van der Waals surface area contributed by atoms with E-state index >= 15 is 0 Å². The number of para-hydroxylation sites is 2. The fourth-order valence-electron chi connectivity index (χ4n) is 1.59. The van der Waals surface area contributed by atoms with Gasteiger partial charge in [0.15, 0.2) is 24.7 Å². The molecule has 1 atom stereocenters. The zero-order valence-corrected chi connectivity index (χ0v) is 14.0. The second-order valence-corrected chi connectivity index (χ2v) is 4.93. The largest absolute Gasteiger partial charge is 0.493 e. The van der Waals surface area contributed by atoms with E-state index in [9.17, 15) is 14.4 Å². The Hall–Kier alpha value is -2.77. The first-order chi connectivity index (χ1) is 11.5. The van der Waals surface area contributed by atoms with Gasteiger partial charge < -0.3 is 19.5 Å². The van der Waals surface area contributed by atoms with E-state index in [4.69, 9.17) is 14.2 Å². The minimum absolute atomic E-state index is 0.0606. The molecule has 0 aromatic heterocycles.